The fraction of sp³-hybridized carbons (Fsp3) is 0.188. The van der Waals surface area contributed by atoms with Crippen LogP contribution >= 0.6 is 0 Å². The Balaban J connectivity index is 1.39. The van der Waals surface area contributed by atoms with E-state index in [2.05, 4.69) is 62.7 Å². The summed E-state index contributed by atoms with van der Waals surface area (Å²) in [6.45, 7) is 7.98. The molecule has 0 unspecified atom stereocenters. The van der Waals surface area contributed by atoms with E-state index >= 15 is 0 Å². The van der Waals surface area contributed by atoms with Crippen LogP contribution in [0.4, 0.5) is 34.5 Å². The minimum atomic E-state index is -0.282. The number of carbonyl (C=O) groups excluding carboxylic acids is 1. The third-order valence-corrected chi connectivity index (χ3v) is 7.30. The van der Waals surface area contributed by atoms with Gasteiger partial charge in [-0.25, -0.2) is 4.98 Å². The number of fused-ring (bicyclic) bond motifs is 1. The quantitative estimate of drug-likeness (QED) is 0.158. The first-order chi connectivity index (χ1) is 20.1. The first-order valence-electron chi connectivity index (χ1n) is 13.8. The number of hydrogen-bond acceptors (Lipinski definition) is 7. The number of hydrogen-bond donors (Lipinski definition) is 4. The Labute approximate surface area is 238 Å². The number of piperidine rings is 1. The third-order valence-electron chi connectivity index (χ3n) is 7.30. The summed E-state index contributed by atoms with van der Waals surface area (Å²) < 4.78 is 0. The molecule has 0 spiro atoms. The number of para-hydroxylation sites is 1. The predicted octanol–water partition coefficient (Wildman–Crippen LogP) is 6.87. The average molecular weight is 545 g/mol. The second-order valence-corrected chi connectivity index (χ2v) is 10.3. The van der Waals surface area contributed by atoms with Gasteiger partial charge in [0.1, 0.15) is 0 Å². The van der Waals surface area contributed by atoms with Gasteiger partial charge in [0.2, 0.25) is 11.9 Å². The first-order valence-corrected chi connectivity index (χ1v) is 13.8. The molecule has 0 saturated carbocycles. The van der Waals surface area contributed by atoms with E-state index in [4.69, 9.17) is 9.97 Å². The summed E-state index contributed by atoms with van der Waals surface area (Å²) in [5.74, 6) is 1.53. The largest absolute Gasteiger partial charge is 0.371 e. The fourth-order valence-corrected chi connectivity index (χ4v) is 5.06. The van der Waals surface area contributed by atoms with Crippen LogP contribution in [0.15, 0.2) is 91.5 Å². The van der Waals surface area contributed by atoms with Crippen molar-refractivity contribution in [2.45, 2.75) is 19.8 Å². The Morgan fingerprint density at radius 1 is 0.927 bits per heavy atom. The van der Waals surface area contributed by atoms with Gasteiger partial charge >= 0.3 is 0 Å². The van der Waals surface area contributed by atoms with Gasteiger partial charge in [-0.05, 0) is 67.3 Å². The molecule has 41 heavy (non-hydrogen) atoms. The van der Waals surface area contributed by atoms with E-state index in [0.717, 1.165) is 41.3 Å². The summed E-state index contributed by atoms with van der Waals surface area (Å²) in [4.78, 5) is 24.2. The highest BCUT2D eigenvalue weighted by Crippen LogP contribution is 2.35. The molecule has 6 rings (SSSR count). The van der Waals surface area contributed by atoms with Gasteiger partial charge in [0, 0.05) is 41.4 Å². The lowest BCUT2D eigenvalue weighted by molar-refractivity contribution is -0.111. The van der Waals surface area contributed by atoms with Crippen LogP contribution in [0.5, 0.6) is 0 Å². The van der Waals surface area contributed by atoms with Crippen molar-refractivity contribution >= 4 is 51.5 Å². The van der Waals surface area contributed by atoms with Crippen molar-refractivity contribution in [1.29, 1.82) is 0 Å². The zero-order chi connectivity index (χ0) is 28.2. The summed E-state index contributed by atoms with van der Waals surface area (Å²) in [5.41, 5.74) is 5.67. The Morgan fingerprint density at radius 2 is 1.68 bits per heavy atom. The third kappa shape index (κ3) is 5.89. The molecule has 9 heteroatoms. The number of carbonyl (C=O) groups is 1. The van der Waals surface area contributed by atoms with Gasteiger partial charge in [-0.1, -0.05) is 49.9 Å². The Kier molecular flexibility index (Phi) is 7.32. The molecule has 9 nitrogen and oxygen atoms in total. The van der Waals surface area contributed by atoms with Gasteiger partial charge in [-0.2, -0.15) is 10.1 Å². The molecule has 1 fully saturated rings. The van der Waals surface area contributed by atoms with E-state index in [9.17, 15) is 4.79 Å². The van der Waals surface area contributed by atoms with Gasteiger partial charge in [-0.15, -0.1) is 0 Å². The highest BCUT2D eigenvalue weighted by Gasteiger charge is 2.19. The summed E-state index contributed by atoms with van der Waals surface area (Å²) in [7, 11) is 0. The number of rotatable bonds is 8. The van der Waals surface area contributed by atoms with E-state index in [1.165, 1.54) is 24.6 Å². The number of amides is 1. The minimum absolute atomic E-state index is 0.282. The molecule has 5 aromatic rings. The van der Waals surface area contributed by atoms with E-state index < -0.39 is 0 Å². The Morgan fingerprint density at radius 3 is 2.49 bits per heavy atom. The molecule has 4 N–H and O–H groups in total. The number of nitrogens with zero attached hydrogens (tertiary/aromatic N) is 4. The lowest BCUT2D eigenvalue weighted by Crippen LogP contribution is -2.32. The van der Waals surface area contributed by atoms with Gasteiger partial charge in [0.15, 0.2) is 11.5 Å². The second-order valence-electron chi connectivity index (χ2n) is 10.3. The number of nitrogens with one attached hydrogen (secondary N) is 4. The van der Waals surface area contributed by atoms with Crippen LogP contribution in [-0.4, -0.2) is 39.2 Å². The minimum Gasteiger partial charge on any atom is -0.371 e. The molecule has 0 aliphatic carbocycles. The van der Waals surface area contributed by atoms with Crippen LogP contribution in [0.2, 0.25) is 0 Å². The molecule has 2 aromatic heterocycles. The van der Waals surface area contributed by atoms with Gasteiger partial charge < -0.3 is 20.9 Å². The van der Waals surface area contributed by atoms with Crippen LogP contribution < -0.4 is 20.9 Å². The summed E-state index contributed by atoms with van der Waals surface area (Å²) in [5, 5.41) is 18.0. The zero-order valence-corrected chi connectivity index (χ0v) is 22.9. The number of aromatic nitrogens is 4. The topological polar surface area (TPSA) is 111 Å². The maximum Gasteiger partial charge on any atom is 0.247 e. The van der Waals surface area contributed by atoms with E-state index in [0.29, 0.717) is 28.8 Å². The van der Waals surface area contributed by atoms with Crippen molar-refractivity contribution in [2.75, 3.05) is 33.9 Å². The second kappa shape index (κ2) is 11.5. The van der Waals surface area contributed by atoms with E-state index in [1.54, 1.807) is 0 Å². The van der Waals surface area contributed by atoms with Crippen molar-refractivity contribution in [2.24, 2.45) is 5.92 Å². The number of H-pyrrole nitrogens is 1. The molecule has 3 heterocycles. The van der Waals surface area contributed by atoms with Crippen LogP contribution in [0, 0.1) is 5.92 Å². The van der Waals surface area contributed by atoms with Gasteiger partial charge in [0.25, 0.3) is 0 Å². The lowest BCUT2D eigenvalue weighted by Gasteiger charge is -2.32. The maximum atomic E-state index is 12.0. The molecule has 3 aromatic carbocycles. The Bertz CT molecular complexity index is 1690. The average Bonchev–Trinajstić information content (AvgIpc) is 3.40. The van der Waals surface area contributed by atoms with E-state index in [-0.39, 0.29) is 5.91 Å². The standard InChI is InChI=1S/C32H32N8O/c1-3-27(41)33-24-12-7-9-22(19-24)29-28-30(34-23-10-5-4-6-11-23)38-39-31(28)37-32(36-29)35-25-13-8-14-26(20-25)40-17-15-21(2)16-18-40/h3-14,19-21H,1,15-18H2,2H3,(H,33,41)(H3,34,35,36,37,38,39). The summed E-state index contributed by atoms with van der Waals surface area (Å²) >= 11 is 0. The molecule has 1 aliphatic rings. The zero-order valence-electron chi connectivity index (χ0n) is 22.9. The molecule has 1 saturated heterocycles. The molecule has 1 amide bonds. The van der Waals surface area contributed by atoms with Gasteiger partial charge in [-0.3, -0.25) is 9.89 Å². The molecule has 0 atom stereocenters. The predicted molar refractivity (Wildman–Crippen MR) is 166 cm³/mol. The number of benzene rings is 3. The molecule has 1 aliphatic heterocycles. The summed E-state index contributed by atoms with van der Waals surface area (Å²) in [6.07, 6.45) is 3.65. The smallest absolute Gasteiger partial charge is 0.247 e. The van der Waals surface area contributed by atoms with Crippen molar-refractivity contribution in [1.82, 2.24) is 20.2 Å². The highest BCUT2D eigenvalue weighted by atomic mass is 16.1. The molecule has 206 valence electrons. The first kappa shape index (κ1) is 26.1. The molecule has 0 radical (unpaired) electrons. The summed E-state index contributed by atoms with van der Waals surface area (Å²) in [6, 6.07) is 25.7. The highest BCUT2D eigenvalue weighted by molar-refractivity contribution is 6.02. The van der Waals surface area contributed by atoms with Gasteiger partial charge in [0.05, 0.1) is 11.1 Å². The van der Waals surface area contributed by atoms with E-state index in [1.807, 2.05) is 60.7 Å². The molecule has 0 bridgehead atoms. The van der Waals surface area contributed by atoms with Crippen molar-refractivity contribution in [3.63, 3.8) is 0 Å². The number of anilines is 6. The van der Waals surface area contributed by atoms with Crippen molar-refractivity contribution in [3.8, 4) is 11.3 Å². The van der Waals surface area contributed by atoms with Crippen molar-refractivity contribution in [3.05, 3.63) is 91.5 Å². The fourth-order valence-electron chi connectivity index (χ4n) is 5.06. The SMILES string of the molecule is C=CC(=O)Nc1cccc(-c2nc(Nc3cccc(N4CCC(C)CC4)c3)nc3[nH]nc(Nc4ccccc4)c23)c1. The van der Waals surface area contributed by atoms with Crippen LogP contribution in [0.1, 0.15) is 19.8 Å². The normalized spacial score (nSPS) is 13.6. The molecular weight excluding hydrogens is 512 g/mol. The van der Waals surface area contributed by atoms with Crippen LogP contribution in [0.3, 0.4) is 0 Å². The maximum absolute atomic E-state index is 12.0. The lowest BCUT2D eigenvalue weighted by atomic mass is 9.99. The van der Waals surface area contributed by atoms with Crippen LogP contribution in [0.25, 0.3) is 22.3 Å². The monoisotopic (exact) mass is 544 g/mol. The molecular formula is C32H32N8O. The number of aromatic amines is 1. The van der Waals surface area contributed by atoms with Crippen molar-refractivity contribution < 1.29 is 4.79 Å². The Hall–Kier alpha value is -5.18. The van der Waals surface area contributed by atoms with Crippen LogP contribution in [-0.2, 0) is 4.79 Å².